The molecule has 2 nitrogen and oxygen atoms in total. The summed E-state index contributed by atoms with van der Waals surface area (Å²) in [6.07, 6.45) is 1.37. The molecule has 0 radical (unpaired) electrons. The lowest BCUT2D eigenvalue weighted by molar-refractivity contribution is -0.671. The van der Waals surface area contributed by atoms with Gasteiger partial charge in [-0.3, -0.25) is 0 Å². The van der Waals surface area contributed by atoms with E-state index in [1.54, 1.807) is 0 Å². The molecule has 0 bridgehead atoms. The van der Waals surface area contributed by atoms with Crippen molar-refractivity contribution in [3.8, 4) is 0 Å². The summed E-state index contributed by atoms with van der Waals surface area (Å²) in [6, 6.07) is 5.75. The molecular formula is C13H20Cl2NO+. The van der Waals surface area contributed by atoms with Gasteiger partial charge in [0.2, 0.25) is 0 Å². The number of halogens is 2. The Bertz CT molecular complexity index is 342. The monoisotopic (exact) mass is 276 g/mol. The van der Waals surface area contributed by atoms with Crippen LogP contribution in [0.15, 0.2) is 18.2 Å². The average Bonchev–Trinajstić information content (AvgIpc) is 2.28. The number of benzene rings is 1. The topological polar surface area (TPSA) is 25.8 Å². The number of nitrogens with two attached hydrogens (primary N) is 1. The fourth-order valence-corrected chi connectivity index (χ4v) is 1.91. The van der Waals surface area contributed by atoms with Crippen molar-refractivity contribution in [2.45, 2.75) is 32.9 Å². The van der Waals surface area contributed by atoms with E-state index in [-0.39, 0.29) is 0 Å². The lowest BCUT2D eigenvalue weighted by Crippen LogP contribution is -2.82. The van der Waals surface area contributed by atoms with Gasteiger partial charge in [0.05, 0.1) is 29.3 Å². The second kappa shape index (κ2) is 7.93. The summed E-state index contributed by atoms with van der Waals surface area (Å²) in [7, 11) is 0. The average molecular weight is 277 g/mol. The van der Waals surface area contributed by atoms with E-state index in [0.29, 0.717) is 16.1 Å². The first-order valence-corrected chi connectivity index (χ1v) is 6.73. The highest BCUT2D eigenvalue weighted by Crippen LogP contribution is 2.24. The van der Waals surface area contributed by atoms with Gasteiger partial charge in [-0.25, -0.2) is 0 Å². The van der Waals surface area contributed by atoms with Crippen molar-refractivity contribution >= 4 is 23.2 Å². The maximum atomic E-state index is 6.10. The summed E-state index contributed by atoms with van der Waals surface area (Å²) in [5, 5.41) is 3.52. The van der Waals surface area contributed by atoms with E-state index in [9.17, 15) is 0 Å². The Morgan fingerprint density at radius 1 is 1.29 bits per heavy atom. The molecule has 1 rings (SSSR count). The van der Waals surface area contributed by atoms with Gasteiger partial charge in [0, 0.05) is 12.0 Å². The van der Waals surface area contributed by atoms with Crippen molar-refractivity contribution in [3.63, 3.8) is 0 Å². The summed E-state index contributed by atoms with van der Waals surface area (Å²) in [5.41, 5.74) is 1.09. The molecule has 0 aliphatic heterocycles. The van der Waals surface area contributed by atoms with E-state index in [2.05, 4.69) is 19.2 Å². The molecule has 0 saturated carbocycles. The molecule has 0 atom stereocenters. The zero-order chi connectivity index (χ0) is 12.7. The highest BCUT2D eigenvalue weighted by Gasteiger charge is 2.05. The van der Waals surface area contributed by atoms with Crippen LogP contribution in [-0.2, 0) is 11.3 Å². The SMILES string of the molecule is CC(C)OCCC[NH2+]Cc1cccc(Cl)c1Cl. The summed E-state index contributed by atoms with van der Waals surface area (Å²) >= 11 is 12.0. The van der Waals surface area contributed by atoms with Crippen LogP contribution in [0.3, 0.4) is 0 Å². The summed E-state index contributed by atoms with van der Waals surface area (Å²) in [5.74, 6) is 0. The maximum absolute atomic E-state index is 6.10. The van der Waals surface area contributed by atoms with Gasteiger partial charge in [0.15, 0.2) is 0 Å². The Morgan fingerprint density at radius 3 is 2.76 bits per heavy atom. The maximum Gasteiger partial charge on any atom is 0.103 e. The molecule has 1 aromatic carbocycles. The number of hydrogen-bond acceptors (Lipinski definition) is 1. The first-order chi connectivity index (χ1) is 8.11. The zero-order valence-electron chi connectivity index (χ0n) is 10.4. The van der Waals surface area contributed by atoms with Gasteiger partial charge in [-0.05, 0) is 19.9 Å². The molecule has 0 aromatic heterocycles. The molecule has 0 saturated heterocycles. The van der Waals surface area contributed by atoms with Crippen molar-refractivity contribution in [2.24, 2.45) is 0 Å². The number of quaternary nitrogens is 1. The highest BCUT2D eigenvalue weighted by molar-refractivity contribution is 6.42. The van der Waals surface area contributed by atoms with E-state index < -0.39 is 0 Å². The third-order valence-electron chi connectivity index (χ3n) is 2.40. The minimum absolute atomic E-state index is 0.317. The molecule has 1 aromatic rings. The molecule has 96 valence electrons. The predicted octanol–water partition coefficient (Wildman–Crippen LogP) is 2.87. The Balaban J connectivity index is 2.20. The van der Waals surface area contributed by atoms with Crippen LogP contribution in [0.1, 0.15) is 25.8 Å². The molecule has 0 amide bonds. The summed E-state index contributed by atoms with van der Waals surface area (Å²) in [4.78, 5) is 0. The second-order valence-corrected chi connectivity index (χ2v) is 5.05. The van der Waals surface area contributed by atoms with Crippen LogP contribution in [0, 0.1) is 0 Å². The fourth-order valence-electron chi connectivity index (χ4n) is 1.51. The van der Waals surface area contributed by atoms with Gasteiger partial charge in [0.25, 0.3) is 0 Å². The molecule has 0 spiro atoms. The normalized spacial score (nSPS) is 11.1. The summed E-state index contributed by atoms with van der Waals surface area (Å²) in [6.45, 7) is 6.82. The standard InChI is InChI=1S/C13H19Cl2NO/c1-10(2)17-8-4-7-16-9-11-5-3-6-12(14)13(11)15/h3,5-6,10,16H,4,7-9H2,1-2H3/p+1. The van der Waals surface area contributed by atoms with Gasteiger partial charge < -0.3 is 10.1 Å². The van der Waals surface area contributed by atoms with Crippen LogP contribution in [-0.4, -0.2) is 19.3 Å². The zero-order valence-corrected chi connectivity index (χ0v) is 11.9. The van der Waals surface area contributed by atoms with Crippen molar-refractivity contribution < 1.29 is 10.1 Å². The minimum atomic E-state index is 0.317. The Kier molecular flexibility index (Phi) is 6.90. The fraction of sp³-hybridized carbons (Fsp3) is 0.538. The Morgan fingerprint density at radius 2 is 2.06 bits per heavy atom. The van der Waals surface area contributed by atoms with Gasteiger partial charge in [-0.15, -0.1) is 0 Å². The Labute approximate surface area is 113 Å². The number of ether oxygens (including phenoxy) is 1. The van der Waals surface area contributed by atoms with Crippen LogP contribution in [0.5, 0.6) is 0 Å². The minimum Gasteiger partial charge on any atom is -0.379 e. The second-order valence-electron chi connectivity index (χ2n) is 4.27. The van der Waals surface area contributed by atoms with E-state index in [1.165, 1.54) is 0 Å². The van der Waals surface area contributed by atoms with Gasteiger partial charge in [0.1, 0.15) is 6.54 Å². The van der Waals surface area contributed by atoms with E-state index in [1.807, 2.05) is 18.2 Å². The highest BCUT2D eigenvalue weighted by atomic mass is 35.5. The molecule has 0 unspecified atom stereocenters. The molecule has 0 aliphatic carbocycles. The van der Waals surface area contributed by atoms with Crippen LogP contribution < -0.4 is 5.32 Å². The third kappa shape index (κ3) is 5.73. The van der Waals surface area contributed by atoms with E-state index in [4.69, 9.17) is 27.9 Å². The van der Waals surface area contributed by atoms with Crippen molar-refractivity contribution in [1.82, 2.24) is 0 Å². The van der Waals surface area contributed by atoms with Crippen molar-refractivity contribution in [3.05, 3.63) is 33.8 Å². The van der Waals surface area contributed by atoms with E-state index >= 15 is 0 Å². The first-order valence-electron chi connectivity index (χ1n) is 5.97. The first kappa shape index (κ1) is 14.8. The molecule has 0 fully saturated rings. The van der Waals surface area contributed by atoms with Gasteiger partial charge in [-0.1, -0.05) is 35.3 Å². The molecule has 0 aliphatic rings. The van der Waals surface area contributed by atoms with Gasteiger partial charge in [-0.2, -0.15) is 0 Å². The molecule has 17 heavy (non-hydrogen) atoms. The Hall–Kier alpha value is -0.280. The van der Waals surface area contributed by atoms with Crippen molar-refractivity contribution in [1.29, 1.82) is 0 Å². The van der Waals surface area contributed by atoms with Gasteiger partial charge >= 0.3 is 0 Å². The number of hydrogen-bond donors (Lipinski definition) is 1. The van der Waals surface area contributed by atoms with Crippen LogP contribution in [0.4, 0.5) is 0 Å². The smallest absolute Gasteiger partial charge is 0.103 e. The largest absolute Gasteiger partial charge is 0.379 e. The molecule has 0 heterocycles. The predicted molar refractivity (Wildman–Crippen MR) is 72.7 cm³/mol. The lowest BCUT2D eigenvalue weighted by atomic mass is 10.2. The van der Waals surface area contributed by atoms with E-state index in [0.717, 1.165) is 31.7 Å². The lowest BCUT2D eigenvalue weighted by Gasteiger charge is -2.07. The third-order valence-corrected chi connectivity index (χ3v) is 3.26. The quantitative estimate of drug-likeness (QED) is 0.762. The molecule has 4 heteroatoms. The number of rotatable bonds is 7. The van der Waals surface area contributed by atoms with Crippen LogP contribution >= 0.6 is 23.2 Å². The molecular weight excluding hydrogens is 257 g/mol. The van der Waals surface area contributed by atoms with Crippen molar-refractivity contribution in [2.75, 3.05) is 13.2 Å². The molecule has 2 N–H and O–H groups in total. The van der Waals surface area contributed by atoms with Crippen LogP contribution in [0.2, 0.25) is 10.0 Å². The van der Waals surface area contributed by atoms with Crippen LogP contribution in [0.25, 0.3) is 0 Å². The summed E-state index contributed by atoms with van der Waals surface area (Å²) < 4.78 is 5.47.